The molecule has 0 aliphatic carbocycles. The second kappa shape index (κ2) is 8.74. The monoisotopic (exact) mass is 425 g/mol. The summed E-state index contributed by atoms with van der Waals surface area (Å²) in [5.74, 6) is -0.606. The lowest BCUT2D eigenvalue weighted by Gasteiger charge is -2.06. The Morgan fingerprint density at radius 1 is 1.16 bits per heavy atom. The van der Waals surface area contributed by atoms with Crippen LogP contribution in [0.4, 0.5) is 14.7 Å². The quantitative estimate of drug-likeness (QED) is 0.485. The Balaban J connectivity index is 1.43. The SMILES string of the molecule is Cc1onc(C(=O)Nc2ncn(Cc3cccc(F)c3)n2)c1COc1cccc(F)c1. The number of hydrogen-bond donors (Lipinski definition) is 1. The Bertz CT molecular complexity index is 1220. The van der Waals surface area contributed by atoms with Gasteiger partial charge in [-0.15, -0.1) is 5.10 Å². The molecule has 10 heteroatoms. The van der Waals surface area contributed by atoms with Crippen LogP contribution in [0.25, 0.3) is 0 Å². The van der Waals surface area contributed by atoms with Gasteiger partial charge >= 0.3 is 0 Å². The van der Waals surface area contributed by atoms with Gasteiger partial charge in [0.05, 0.1) is 12.1 Å². The van der Waals surface area contributed by atoms with Gasteiger partial charge in [-0.3, -0.25) is 10.1 Å². The molecule has 0 fully saturated rings. The number of halogens is 2. The molecule has 31 heavy (non-hydrogen) atoms. The summed E-state index contributed by atoms with van der Waals surface area (Å²) in [6.45, 7) is 1.89. The van der Waals surface area contributed by atoms with Crippen LogP contribution in [0.2, 0.25) is 0 Å². The molecule has 0 saturated carbocycles. The predicted octanol–water partition coefficient (Wildman–Crippen LogP) is 3.73. The van der Waals surface area contributed by atoms with Gasteiger partial charge in [0.15, 0.2) is 5.69 Å². The first-order valence-electron chi connectivity index (χ1n) is 9.26. The number of nitrogens with one attached hydrogen (secondary N) is 1. The Kier molecular flexibility index (Phi) is 5.69. The van der Waals surface area contributed by atoms with Crippen molar-refractivity contribution in [2.24, 2.45) is 0 Å². The number of nitrogens with zero attached hydrogens (tertiary/aromatic N) is 4. The normalized spacial score (nSPS) is 10.8. The Morgan fingerprint density at radius 2 is 1.94 bits per heavy atom. The summed E-state index contributed by atoms with van der Waals surface area (Å²) in [7, 11) is 0. The van der Waals surface area contributed by atoms with Gasteiger partial charge < -0.3 is 9.26 Å². The average Bonchev–Trinajstić information content (AvgIpc) is 3.32. The molecule has 0 aliphatic rings. The van der Waals surface area contributed by atoms with Crippen molar-refractivity contribution in [3.05, 3.63) is 89.1 Å². The van der Waals surface area contributed by atoms with Crippen LogP contribution in [0.3, 0.4) is 0 Å². The van der Waals surface area contributed by atoms with Crippen LogP contribution < -0.4 is 10.1 Å². The molecule has 0 radical (unpaired) electrons. The molecule has 1 N–H and O–H groups in total. The average molecular weight is 425 g/mol. The predicted molar refractivity (Wildman–Crippen MR) is 105 cm³/mol. The molecule has 0 unspecified atom stereocenters. The van der Waals surface area contributed by atoms with E-state index in [9.17, 15) is 13.6 Å². The number of ether oxygens (including phenoxy) is 1. The van der Waals surface area contributed by atoms with E-state index in [2.05, 4.69) is 20.6 Å². The maximum Gasteiger partial charge on any atom is 0.280 e. The molecular formula is C21H17F2N5O3. The van der Waals surface area contributed by atoms with Crippen molar-refractivity contribution in [2.45, 2.75) is 20.1 Å². The fourth-order valence-corrected chi connectivity index (χ4v) is 2.86. The second-order valence-corrected chi connectivity index (χ2v) is 6.66. The Hall–Kier alpha value is -4.08. The number of rotatable bonds is 7. The molecule has 0 atom stereocenters. The van der Waals surface area contributed by atoms with Crippen molar-refractivity contribution in [1.29, 1.82) is 0 Å². The maximum atomic E-state index is 13.3. The standard InChI is InChI=1S/C21H17F2N5O3/c1-13-18(11-30-17-7-3-6-16(23)9-17)19(27-31-13)20(29)25-21-24-12-28(26-21)10-14-4-2-5-15(22)8-14/h2-9,12H,10-11H2,1H3,(H,25,26,29). The Labute approximate surface area is 175 Å². The van der Waals surface area contributed by atoms with Gasteiger partial charge in [-0.2, -0.15) is 0 Å². The molecule has 4 aromatic rings. The van der Waals surface area contributed by atoms with Crippen molar-refractivity contribution in [2.75, 3.05) is 5.32 Å². The minimum atomic E-state index is -0.585. The van der Waals surface area contributed by atoms with Crippen molar-refractivity contribution in [3.8, 4) is 5.75 Å². The summed E-state index contributed by atoms with van der Waals surface area (Å²) < 4.78 is 38.8. The summed E-state index contributed by atoms with van der Waals surface area (Å²) >= 11 is 0. The lowest BCUT2D eigenvalue weighted by molar-refractivity contribution is 0.101. The zero-order valence-electron chi connectivity index (χ0n) is 16.4. The smallest absolute Gasteiger partial charge is 0.280 e. The van der Waals surface area contributed by atoms with Crippen LogP contribution in [0.15, 0.2) is 59.4 Å². The van der Waals surface area contributed by atoms with E-state index >= 15 is 0 Å². The van der Waals surface area contributed by atoms with Crippen molar-refractivity contribution in [3.63, 3.8) is 0 Å². The fraction of sp³-hybridized carbons (Fsp3) is 0.143. The van der Waals surface area contributed by atoms with Crippen LogP contribution in [0.5, 0.6) is 5.75 Å². The number of anilines is 1. The molecule has 2 aromatic carbocycles. The highest BCUT2D eigenvalue weighted by Gasteiger charge is 2.21. The van der Waals surface area contributed by atoms with E-state index < -0.39 is 11.7 Å². The minimum Gasteiger partial charge on any atom is -0.489 e. The van der Waals surface area contributed by atoms with Crippen LogP contribution in [0.1, 0.15) is 27.4 Å². The van der Waals surface area contributed by atoms with Crippen molar-refractivity contribution >= 4 is 11.9 Å². The summed E-state index contributed by atoms with van der Waals surface area (Å²) in [4.78, 5) is 16.7. The maximum absolute atomic E-state index is 13.3. The molecule has 0 saturated heterocycles. The zero-order valence-corrected chi connectivity index (χ0v) is 16.4. The Morgan fingerprint density at radius 3 is 2.71 bits per heavy atom. The van der Waals surface area contributed by atoms with Gasteiger partial charge in [-0.1, -0.05) is 23.4 Å². The highest BCUT2D eigenvalue weighted by molar-refractivity contribution is 6.02. The third-order valence-electron chi connectivity index (χ3n) is 4.37. The van der Waals surface area contributed by atoms with Gasteiger partial charge in [0, 0.05) is 6.07 Å². The van der Waals surface area contributed by atoms with Crippen LogP contribution in [-0.2, 0) is 13.2 Å². The van der Waals surface area contributed by atoms with E-state index in [0.717, 1.165) is 0 Å². The molecular weight excluding hydrogens is 408 g/mol. The van der Waals surface area contributed by atoms with Gasteiger partial charge in [0.2, 0.25) is 5.95 Å². The van der Waals surface area contributed by atoms with Crippen LogP contribution in [0, 0.1) is 18.6 Å². The third-order valence-corrected chi connectivity index (χ3v) is 4.37. The number of aromatic nitrogens is 4. The molecule has 8 nitrogen and oxygen atoms in total. The van der Waals surface area contributed by atoms with E-state index in [4.69, 9.17) is 9.26 Å². The molecule has 0 aliphatic heterocycles. The number of carbonyl (C=O) groups is 1. The number of hydrogen-bond acceptors (Lipinski definition) is 6. The zero-order chi connectivity index (χ0) is 21.8. The lowest BCUT2D eigenvalue weighted by Crippen LogP contribution is -2.16. The summed E-state index contributed by atoms with van der Waals surface area (Å²) in [5.41, 5.74) is 1.13. The van der Waals surface area contributed by atoms with Gasteiger partial charge in [0.25, 0.3) is 5.91 Å². The fourth-order valence-electron chi connectivity index (χ4n) is 2.86. The largest absolute Gasteiger partial charge is 0.489 e. The molecule has 2 aromatic heterocycles. The molecule has 1 amide bonds. The van der Waals surface area contributed by atoms with E-state index in [1.807, 2.05) is 0 Å². The van der Waals surface area contributed by atoms with Crippen molar-refractivity contribution in [1.82, 2.24) is 19.9 Å². The van der Waals surface area contributed by atoms with Gasteiger partial charge in [-0.25, -0.2) is 18.4 Å². The number of carbonyl (C=O) groups excluding carboxylic acids is 1. The van der Waals surface area contributed by atoms with E-state index in [0.29, 0.717) is 22.6 Å². The topological polar surface area (TPSA) is 95.1 Å². The molecule has 2 heterocycles. The first kappa shape index (κ1) is 20.2. The molecule has 158 valence electrons. The van der Waals surface area contributed by atoms with E-state index in [1.54, 1.807) is 25.1 Å². The van der Waals surface area contributed by atoms with Gasteiger partial charge in [0.1, 0.15) is 36.1 Å². The lowest BCUT2D eigenvalue weighted by atomic mass is 10.2. The second-order valence-electron chi connectivity index (χ2n) is 6.66. The number of aryl methyl sites for hydroxylation is 1. The highest BCUT2D eigenvalue weighted by atomic mass is 19.1. The van der Waals surface area contributed by atoms with E-state index in [-0.39, 0.29) is 30.6 Å². The summed E-state index contributed by atoms with van der Waals surface area (Å²) in [6, 6.07) is 11.8. The molecule has 0 spiro atoms. The number of benzene rings is 2. The van der Waals surface area contributed by atoms with Crippen molar-refractivity contribution < 1.29 is 22.8 Å². The summed E-state index contributed by atoms with van der Waals surface area (Å²) in [5, 5.41) is 10.5. The van der Waals surface area contributed by atoms with Crippen LogP contribution >= 0.6 is 0 Å². The van der Waals surface area contributed by atoms with E-state index in [1.165, 1.54) is 41.3 Å². The van der Waals surface area contributed by atoms with Gasteiger partial charge in [-0.05, 0) is 36.8 Å². The first-order valence-corrected chi connectivity index (χ1v) is 9.26. The molecule has 0 bridgehead atoms. The first-order chi connectivity index (χ1) is 15.0. The third kappa shape index (κ3) is 4.92. The highest BCUT2D eigenvalue weighted by Crippen LogP contribution is 2.19. The molecule has 4 rings (SSSR count). The van der Waals surface area contributed by atoms with Crippen LogP contribution in [-0.4, -0.2) is 25.8 Å². The minimum absolute atomic E-state index is 0.00961. The summed E-state index contributed by atoms with van der Waals surface area (Å²) in [6.07, 6.45) is 1.42. The number of amides is 1.